The second kappa shape index (κ2) is 7.38. The lowest BCUT2D eigenvalue weighted by molar-refractivity contribution is -0.118. The van der Waals surface area contributed by atoms with Crippen LogP contribution in [-0.2, 0) is 4.79 Å². The summed E-state index contributed by atoms with van der Waals surface area (Å²) in [6, 6.07) is 1.35. The van der Waals surface area contributed by atoms with E-state index in [1.54, 1.807) is 0 Å². The number of amides is 1. The van der Waals surface area contributed by atoms with Gasteiger partial charge in [0.1, 0.15) is 0 Å². The Hall–Kier alpha value is -1.07. The Morgan fingerprint density at radius 2 is 2.11 bits per heavy atom. The highest BCUT2D eigenvalue weighted by molar-refractivity contribution is 5.94. The molecule has 0 saturated carbocycles. The first-order chi connectivity index (χ1) is 7.95. The number of carbonyl (C=O) groups excluding carboxylic acids is 1. The van der Waals surface area contributed by atoms with Gasteiger partial charge < -0.3 is 11.1 Å². The lowest BCUT2D eigenvalue weighted by atomic mass is 9.99. The number of H-pyrrole nitrogens is 1. The van der Waals surface area contributed by atoms with Gasteiger partial charge in [0.2, 0.25) is 5.91 Å². The third-order valence-corrected chi connectivity index (χ3v) is 3.03. The lowest BCUT2D eigenvalue weighted by Crippen LogP contribution is -2.40. The molecular formula is C12H23ClN4O. The molecule has 0 aromatic carbocycles. The predicted molar refractivity (Wildman–Crippen MR) is 76.0 cm³/mol. The van der Waals surface area contributed by atoms with Gasteiger partial charge in [0.25, 0.3) is 0 Å². The van der Waals surface area contributed by atoms with Crippen molar-refractivity contribution in [3.05, 3.63) is 11.8 Å². The molecule has 18 heavy (non-hydrogen) atoms. The molecule has 0 aliphatic rings. The summed E-state index contributed by atoms with van der Waals surface area (Å²) in [6.07, 6.45) is 0.881. The van der Waals surface area contributed by atoms with E-state index in [0.717, 1.165) is 12.1 Å². The minimum atomic E-state index is -0.487. The molecule has 1 rings (SSSR count). The standard InChI is InChI=1S/C12H22N4O.ClH/c1-5-8(4)11(13)12(17)14-10-6-9(7(2)3)15-16-10;/h6-8,11H,5,13H2,1-4H3,(H2,14,15,16,17);1H. The number of rotatable bonds is 5. The summed E-state index contributed by atoms with van der Waals surface area (Å²) in [7, 11) is 0. The predicted octanol–water partition coefficient (Wildman–Crippen LogP) is 2.27. The van der Waals surface area contributed by atoms with E-state index in [2.05, 4.69) is 29.4 Å². The smallest absolute Gasteiger partial charge is 0.242 e. The van der Waals surface area contributed by atoms with Crippen LogP contribution >= 0.6 is 12.4 Å². The van der Waals surface area contributed by atoms with E-state index in [0.29, 0.717) is 11.7 Å². The second-order valence-corrected chi connectivity index (χ2v) is 4.76. The molecule has 0 aliphatic heterocycles. The van der Waals surface area contributed by atoms with E-state index in [1.165, 1.54) is 0 Å². The van der Waals surface area contributed by atoms with E-state index < -0.39 is 6.04 Å². The van der Waals surface area contributed by atoms with Crippen molar-refractivity contribution < 1.29 is 4.79 Å². The molecule has 1 aromatic heterocycles. The highest BCUT2D eigenvalue weighted by Crippen LogP contribution is 2.15. The summed E-state index contributed by atoms with van der Waals surface area (Å²) >= 11 is 0. The number of hydrogen-bond acceptors (Lipinski definition) is 3. The molecule has 1 heterocycles. The fraction of sp³-hybridized carbons (Fsp3) is 0.667. The maximum absolute atomic E-state index is 11.8. The molecule has 1 amide bonds. The molecule has 4 N–H and O–H groups in total. The molecule has 0 fully saturated rings. The highest BCUT2D eigenvalue weighted by Gasteiger charge is 2.20. The molecule has 1 aromatic rings. The van der Waals surface area contributed by atoms with E-state index in [4.69, 9.17) is 5.73 Å². The van der Waals surface area contributed by atoms with Crippen LogP contribution in [0.1, 0.15) is 45.7 Å². The summed E-state index contributed by atoms with van der Waals surface area (Å²) in [4.78, 5) is 11.8. The number of nitrogens with two attached hydrogens (primary N) is 1. The highest BCUT2D eigenvalue weighted by atomic mass is 35.5. The molecule has 0 aliphatic carbocycles. The zero-order chi connectivity index (χ0) is 13.0. The van der Waals surface area contributed by atoms with Crippen LogP contribution in [0.15, 0.2) is 6.07 Å². The lowest BCUT2D eigenvalue weighted by Gasteiger charge is -2.16. The normalized spacial score (nSPS) is 13.9. The summed E-state index contributed by atoms with van der Waals surface area (Å²) in [5, 5.41) is 9.65. The maximum atomic E-state index is 11.8. The van der Waals surface area contributed by atoms with E-state index in [9.17, 15) is 4.79 Å². The molecule has 104 valence electrons. The van der Waals surface area contributed by atoms with Crippen molar-refractivity contribution in [2.45, 2.75) is 46.1 Å². The first-order valence-electron chi connectivity index (χ1n) is 6.07. The van der Waals surface area contributed by atoms with Crippen molar-refractivity contribution in [3.63, 3.8) is 0 Å². The van der Waals surface area contributed by atoms with Crippen LogP contribution in [0.4, 0.5) is 5.82 Å². The van der Waals surface area contributed by atoms with Gasteiger partial charge in [0, 0.05) is 11.8 Å². The van der Waals surface area contributed by atoms with Crippen LogP contribution in [0.25, 0.3) is 0 Å². The van der Waals surface area contributed by atoms with E-state index in [1.807, 2.05) is 19.9 Å². The molecular weight excluding hydrogens is 252 g/mol. The monoisotopic (exact) mass is 274 g/mol. The fourth-order valence-electron chi connectivity index (χ4n) is 1.42. The van der Waals surface area contributed by atoms with Gasteiger partial charge in [-0.25, -0.2) is 0 Å². The van der Waals surface area contributed by atoms with Gasteiger partial charge in [-0.2, -0.15) is 5.10 Å². The van der Waals surface area contributed by atoms with Gasteiger partial charge >= 0.3 is 0 Å². The van der Waals surface area contributed by atoms with Crippen LogP contribution < -0.4 is 11.1 Å². The Morgan fingerprint density at radius 1 is 1.50 bits per heavy atom. The summed E-state index contributed by atoms with van der Waals surface area (Å²) in [5.41, 5.74) is 6.83. The third kappa shape index (κ3) is 4.31. The van der Waals surface area contributed by atoms with Gasteiger partial charge in [0.15, 0.2) is 5.82 Å². The van der Waals surface area contributed by atoms with Crippen molar-refractivity contribution >= 4 is 24.1 Å². The van der Waals surface area contributed by atoms with Crippen LogP contribution in [0, 0.1) is 5.92 Å². The van der Waals surface area contributed by atoms with Gasteiger partial charge in [-0.05, 0) is 11.8 Å². The zero-order valence-corrected chi connectivity index (χ0v) is 12.2. The maximum Gasteiger partial charge on any atom is 0.242 e. The van der Waals surface area contributed by atoms with Gasteiger partial charge in [0.05, 0.1) is 6.04 Å². The Bertz CT molecular complexity index is 378. The Morgan fingerprint density at radius 3 is 2.56 bits per heavy atom. The molecule has 2 atom stereocenters. The van der Waals surface area contributed by atoms with E-state index in [-0.39, 0.29) is 24.2 Å². The molecule has 0 saturated heterocycles. The SMILES string of the molecule is CCC(C)C(N)C(=O)Nc1cc(C(C)C)[nH]n1.Cl. The third-order valence-electron chi connectivity index (χ3n) is 3.03. The summed E-state index contributed by atoms with van der Waals surface area (Å²) in [6.45, 7) is 8.10. The summed E-state index contributed by atoms with van der Waals surface area (Å²) < 4.78 is 0. The zero-order valence-electron chi connectivity index (χ0n) is 11.4. The van der Waals surface area contributed by atoms with Crippen LogP contribution in [-0.4, -0.2) is 22.1 Å². The topological polar surface area (TPSA) is 83.8 Å². The number of halogens is 1. The van der Waals surface area contributed by atoms with Crippen LogP contribution in [0.2, 0.25) is 0 Å². The molecule has 2 unspecified atom stereocenters. The number of carbonyl (C=O) groups is 1. The fourth-order valence-corrected chi connectivity index (χ4v) is 1.42. The second-order valence-electron chi connectivity index (χ2n) is 4.76. The van der Waals surface area contributed by atoms with Crippen molar-refractivity contribution in [1.29, 1.82) is 0 Å². The molecule has 0 bridgehead atoms. The largest absolute Gasteiger partial charge is 0.320 e. The minimum Gasteiger partial charge on any atom is -0.320 e. The van der Waals surface area contributed by atoms with E-state index >= 15 is 0 Å². The van der Waals surface area contributed by atoms with Gasteiger partial charge in [-0.15, -0.1) is 12.4 Å². The Labute approximate surface area is 114 Å². The Balaban J connectivity index is 0.00000289. The molecule has 5 nitrogen and oxygen atoms in total. The number of anilines is 1. The van der Waals surface area contributed by atoms with Gasteiger partial charge in [-0.1, -0.05) is 34.1 Å². The average Bonchev–Trinajstić information content (AvgIpc) is 2.75. The molecule has 0 spiro atoms. The average molecular weight is 275 g/mol. The minimum absolute atomic E-state index is 0. The summed E-state index contributed by atoms with van der Waals surface area (Å²) in [5.74, 6) is 0.883. The number of nitrogens with zero attached hydrogens (tertiary/aromatic N) is 1. The quantitative estimate of drug-likeness (QED) is 0.770. The number of aromatic nitrogens is 2. The first-order valence-corrected chi connectivity index (χ1v) is 6.07. The Kier molecular flexibility index (Phi) is 6.94. The van der Waals surface area contributed by atoms with Crippen LogP contribution in [0.3, 0.4) is 0 Å². The van der Waals surface area contributed by atoms with Crippen molar-refractivity contribution in [3.8, 4) is 0 Å². The number of aromatic amines is 1. The van der Waals surface area contributed by atoms with Crippen molar-refractivity contribution in [2.24, 2.45) is 11.7 Å². The van der Waals surface area contributed by atoms with Gasteiger partial charge in [-0.3, -0.25) is 9.89 Å². The van der Waals surface area contributed by atoms with Crippen molar-refractivity contribution in [1.82, 2.24) is 10.2 Å². The van der Waals surface area contributed by atoms with Crippen LogP contribution in [0.5, 0.6) is 0 Å². The molecule has 0 radical (unpaired) electrons. The molecule has 6 heteroatoms. The first kappa shape index (κ1) is 16.9. The number of hydrogen-bond donors (Lipinski definition) is 3. The number of nitrogens with one attached hydrogen (secondary N) is 2. The van der Waals surface area contributed by atoms with Crippen molar-refractivity contribution in [2.75, 3.05) is 5.32 Å².